The summed E-state index contributed by atoms with van der Waals surface area (Å²) in [5, 5.41) is 4.55. The lowest BCUT2D eigenvalue weighted by Crippen LogP contribution is -2.30. The molecule has 4 heteroatoms. The van der Waals surface area contributed by atoms with E-state index in [0.717, 1.165) is 37.8 Å². The Balaban J connectivity index is 1.78. The summed E-state index contributed by atoms with van der Waals surface area (Å²) in [5.41, 5.74) is 6.92. The Labute approximate surface area is 110 Å². The Hall–Kier alpha value is -0.870. The smallest absolute Gasteiger partial charge is 0.0910 e. The van der Waals surface area contributed by atoms with Gasteiger partial charge in [-0.15, -0.1) is 0 Å². The van der Waals surface area contributed by atoms with E-state index < -0.39 is 0 Å². The Bertz CT molecular complexity index is 356. The van der Waals surface area contributed by atoms with E-state index in [0.29, 0.717) is 24.8 Å². The maximum absolute atomic E-state index is 5.91. The molecule has 0 amide bonds. The highest BCUT2D eigenvalue weighted by molar-refractivity contribution is 4.98. The van der Waals surface area contributed by atoms with Crippen molar-refractivity contribution in [2.75, 3.05) is 0 Å². The first-order valence-electron chi connectivity index (χ1n) is 7.10. The first-order chi connectivity index (χ1) is 8.69. The molecule has 18 heavy (non-hydrogen) atoms. The fourth-order valence-electron chi connectivity index (χ4n) is 2.35. The minimum absolute atomic E-state index is 0.374. The molecular weight excluding hydrogens is 226 g/mol. The van der Waals surface area contributed by atoms with Crippen LogP contribution in [0.1, 0.15) is 57.7 Å². The van der Waals surface area contributed by atoms with Gasteiger partial charge in [-0.25, -0.2) is 0 Å². The second kappa shape index (κ2) is 6.34. The minimum atomic E-state index is 0.374. The summed E-state index contributed by atoms with van der Waals surface area (Å²) < 4.78 is 7.94. The molecule has 0 radical (unpaired) electrons. The number of aromatic nitrogens is 2. The molecule has 0 aromatic carbocycles. The average Bonchev–Trinajstić information content (AvgIpc) is 2.86. The van der Waals surface area contributed by atoms with Gasteiger partial charge >= 0.3 is 0 Å². The van der Waals surface area contributed by atoms with Crippen molar-refractivity contribution < 1.29 is 4.74 Å². The molecule has 0 bridgehead atoms. The molecule has 1 aliphatic rings. The second-order valence-electron chi connectivity index (χ2n) is 5.39. The van der Waals surface area contributed by atoms with Crippen LogP contribution in [0.15, 0.2) is 12.3 Å². The van der Waals surface area contributed by atoms with Gasteiger partial charge in [0.2, 0.25) is 0 Å². The van der Waals surface area contributed by atoms with Gasteiger partial charge in [0.25, 0.3) is 0 Å². The Kier molecular flexibility index (Phi) is 4.78. The van der Waals surface area contributed by atoms with Crippen LogP contribution in [-0.2, 0) is 11.3 Å². The van der Waals surface area contributed by atoms with Gasteiger partial charge in [-0.1, -0.05) is 6.92 Å². The third kappa shape index (κ3) is 3.56. The van der Waals surface area contributed by atoms with E-state index in [9.17, 15) is 0 Å². The fraction of sp³-hybridized carbons (Fsp3) is 0.786. The topological polar surface area (TPSA) is 53.1 Å². The predicted octanol–water partition coefficient (Wildman–Crippen LogP) is 2.64. The molecule has 0 spiro atoms. The molecule has 1 aromatic rings. The SMILES string of the molecule is CCC(C)n1ccc(COC2CCC(N)CC2)n1. The minimum Gasteiger partial charge on any atom is -0.372 e. The molecular formula is C14H25N3O. The summed E-state index contributed by atoms with van der Waals surface area (Å²) in [4.78, 5) is 0. The van der Waals surface area contributed by atoms with Gasteiger partial charge < -0.3 is 10.5 Å². The summed E-state index contributed by atoms with van der Waals surface area (Å²) in [7, 11) is 0. The van der Waals surface area contributed by atoms with Crippen LogP contribution >= 0.6 is 0 Å². The van der Waals surface area contributed by atoms with Crippen molar-refractivity contribution in [1.82, 2.24) is 9.78 Å². The van der Waals surface area contributed by atoms with Crippen LogP contribution in [0.5, 0.6) is 0 Å². The summed E-state index contributed by atoms with van der Waals surface area (Å²) in [6.45, 7) is 4.98. The molecule has 1 atom stereocenters. The van der Waals surface area contributed by atoms with Crippen LogP contribution < -0.4 is 5.73 Å². The molecule has 1 heterocycles. The van der Waals surface area contributed by atoms with E-state index in [1.807, 2.05) is 10.9 Å². The highest BCUT2D eigenvalue weighted by Crippen LogP contribution is 2.21. The van der Waals surface area contributed by atoms with Gasteiger partial charge in [0, 0.05) is 18.3 Å². The lowest BCUT2D eigenvalue weighted by molar-refractivity contribution is 0.0120. The monoisotopic (exact) mass is 251 g/mol. The zero-order chi connectivity index (χ0) is 13.0. The molecule has 102 valence electrons. The second-order valence-corrected chi connectivity index (χ2v) is 5.39. The third-order valence-corrected chi connectivity index (χ3v) is 3.89. The van der Waals surface area contributed by atoms with Crippen molar-refractivity contribution in [1.29, 1.82) is 0 Å². The van der Waals surface area contributed by atoms with Gasteiger partial charge in [0.15, 0.2) is 0 Å². The fourth-order valence-corrected chi connectivity index (χ4v) is 2.35. The molecule has 0 aliphatic heterocycles. The maximum atomic E-state index is 5.91. The number of ether oxygens (including phenoxy) is 1. The lowest BCUT2D eigenvalue weighted by Gasteiger charge is -2.25. The summed E-state index contributed by atoms with van der Waals surface area (Å²) in [6, 6.07) is 2.90. The van der Waals surface area contributed by atoms with Gasteiger partial charge in [-0.05, 0) is 45.1 Å². The van der Waals surface area contributed by atoms with Gasteiger partial charge in [0.05, 0.1) is 18.4 Å². The van der Waals surface area contributed by atoms with Crippen molar-refractivity contribution in [2.45, 2.75) is 70.7 Å². The Morgan fingerprint density at radius 3 is 2.83 bits per heavy atom. The summed E-state index contributed by atoms with van der Waals surface area (Å²) in [5.74, 6) is 0. The number of hydrogen-bond acceptors (Lipinski definition) is 3. The van der Waals surface area contributed by atoms with Crippen molar-refractivity contribution in [3.8, 4) is 0 Å². The number of hydrogen-bond donors (Lipinski definition) is 1. The molecule has 4 nitrogen and oxygen atoms in total. The standard InChI is InChI=1S/C14H25N3O/c1-3-11(2)17-9-8-13(16-17)10-18-14-6-4-12(15)5-7-14/h8-9,11-12,14H,3-7,10,15H2,1-2H3. The predicted molar refractivity (Wildman–Crippen MR) is 72.2 cm³/mol. The number of rotatable bonds is 5. The van der Waals surface area contributed by atoms with Crippen LogP contribution in [0.2, 0.25) is 0 Å². The Morgan fingerprint density at radius 2 is 2.17 bits per heavy atom. The molecule has 1 aliphatic carbocycles. The van der Waals surface area contributed by atoms with Crippen LogP contribution in [0.4, 0.5) is 0 Å². The van der Waals surface area contributed by atoms with Crippen molar-refractivity contribution in [2.24, 2.45) is 5.73 Å². The van der Waals surface area contributed by atoms with E-state index in [1.54, 1.807) is 0 Å². The maximum Gasteiger partial charge on any atom is 0.0910 e. The molecule has 0 saturated heterocycles. The first kappa shape index (κ1) is 13.6. The third-order valence-electron chi connectivity index (χ3n) is 3.89. The first-order valence-corrected chi connectivity index (χ1v) is 7.10. The van der Waals surface area contributed by atoms with E-state index in [1.165, 1.54) is 0 Å². The molecule has 2 N–H and O–H groups in total. The molecule has 2 rings (SSSR count). The number of nitrogens with zero attached hydrogens (tertiary/aromatic N) is 2. The van der Waals surface area contributed by atoms with Crippen LogP contribution in [0.3, 0.4) is 0 Å². The normalized spacial score (nSPS) is 26.2. The van der Waals surface area contributed by atoms with Gasteiger partial charge in [-0.3, -0.25) is 4.68 Å². The molecule has 1 saturated carbocycles. The van der Waals surface area contributed by atoms with Crippen LogP contribution in [0, 0.1) is 0 Å². The van der Waals surface area contributed by atoms with Gasteiger partial charge in [-0.2, -0.15) is 5.10 Å². The van der Waals surface area contributed by atoms with Crippen molar-refractivity contribution in [3.05, 3.63) is 18.0 Å². The molecule has 1 unspecified atom stereocenters. The lowest BCUT2D eigenvalue weighted by atomic mass is 9.94. The van der Waals surface area contributed by atoms with E-state index in [2.05, 4.69) is 25.0 Å². The van der Waals surface area contributed by atoms with E-state index in [4.69, 9.17) is 10.5 Å². The quantitative estimate of drug-likeness (QED) is 0.875. The zero-order valence-electron chi connectivity index (χ0n) is 11.5. The summed E-state index contributed by atoms with van der Waals surface area (Å²) in [6.07, 6.45) is 7.88. The van der Waals surface area contributed by atoms with Crippen LogP contribution in [-0.4, -0.2) is 21.9 Å². The van der Waals surface area contributed by atoms with E-state index in [-0.39, 0.29) is 0 Å². The van der Waals surface area contributed by atoms with Gasteiger partial charge in [0.1, 0.15) is 0 Å². The molecule has 1 aromatic heterocycles. The summed E-state index contributed by atoms with van der Waals surface area (Å²) >= 11 is 0. The largest absolute Gasteiger partial charge is 0.372 e. The van der Waals surface area contributed by atoms with Crippen molar-refractivity contribution >= 4 is 0 Å². The van der Waals surface area contributed by atoms with Crippen LogP contribution in [0.25, 0.3) is 0 Å². The Morgan fingerprint density at radius 1 is 1.44 bits per heavy atom. The average molecular weight is 251 g/mol. The van der Waals surface area contributed by atoms with Crippen molar-refractivity contribution in [3.63, 3.8) is 0 Å². The highest BCUT2D eigenvalue weighted by Gasteiger charge is 2.19. The number of nitrogens with two attached hydrogens (primary N) is 1. The van der Waals surface area contributed by atoms with E-state index >= 15 is 0 Å². The molecule has 1 fully saturated rings. The zero-order valence-corrected chi connectivity index (χ0v) is 11.5. The highest BCUT2D eigenvalue weighted by atomic mass is 16.5.